The maximum Gasteiger partial charge on any atom is 0.325 e. The van der Waals surface area contributed by atoms with Gasteiger partial charge in [-0.3, -0.25) is 19.3 Å². The van der Waals surface area contributed by atoms with Crippen LogP contribution in [0.15, 0.2) is 29.2 Å². The number of nitrogens with zero attached hydrogens (tertiary/aromatic N) is 2. The van der Waals surface area contributed by atoms with E-state index in [1.54, 1.807) is 0 Å². The Kier molecular flexibility index (Phi) is 5.59. The third kappa shape index (κ3) is 4.02. The van der Waals surface area contributed by atoms with Gasteiger partial charge in [0.2, 0.25) is 11.8 Å². The first-order valence-corrected chi connectivity index (χ1v) is 11.3. The van der Waals surface area contributed by atoms with E-state index in [0.717, 1.165) is 11.2 Å². The molecule has 0 aliphatic carbocycles. The third-order valence-corrected chi connectivity index (χ3v) is 6.81. The minimum Gasteiger partial charge on any atom is -0.369 e. The first-order chi connectivity index (χ1) is 13.9. The van der Waals surface area contributed by atoms with Crippen LogP contribution in [0.25, 0.3) is 0 Å². The summed E-state index contributed by atoms with van der Waals surface area (Å²) in [7, 11) is -3.40. The molecule has 0 aromatic heterocycles. The van der Waals surface area contributed by atoms with Crippen LogP contribution >= 0.6 is 0 Å². The molecule has 0 saturated carbocycles. The SMILES string of the molecule is C[C@@]1(c2ccc(S(C)(=O)=O)cc2)NC(=O)N(CC(=O)N2CCC(C(N)=O)CC2)C1=O. The summed E-state index contributed by atoms with van der Waals surface area (Å²) in [6, 6.07) is 4.97. The van der Waals surface area contributed by atoms with Gasteiger partial charge in [-0.05, 0) is 37.5 Å². The second kappa shape index (κ2) is 7.71. The Morgan fingerprint density at radius 2 is 1.73 bits per heavy atom. The molecule has 0 spiro atoms. The van der Waals surface area contributed by atoms with Crippen LogP contribution in [0.2, 0.25) is 0 Å². The second-order valence-electron chi connectivity index (χ2n) is 7.80. The molecule has 2 aliphatic heterocycles. The monoisotopic (exact) mass is 436 g/mol. The van der Waals surface area contributed by atoms with Crippen LogP contribution < -0.4 is 11.1 Å². The largest absolute Gasteiger partial charge is 0.369 e. The van der Waals surface area contributed by atoms with Crippen molar-refractivity contribution >= 4 is 33.6 Å². The molecule has 0 unspecified atom stereocenters. The van der Waals surface area contributed by atoms with Crippen molar-refractivity contribution in [1.82, 2.24) is 15.1 Å². The molecule has 5 amide bonds. The summed E-state index contributed by atoms with van der Waals surface area (Å²) in [4.78, 5) is 51.7. The Hall–Kier alpha value is -2.95. The number of imide groups is 1. The standard InChI is InChI=1S/C19H24N4O6S/c1-19(13-3-5-14(6-4-13)30(2,28)29)17(26)23(18(27)21-19)11-15(24)22-9-7-12(8-10-22)16(20)25/h3-6,12H,7-11H2,1-2H3,(H2,20,25)(H,21,27)/t19-/m0/s1. The molecule has 2 aliphatic rings. The molecule has 162 valence electrons. The highest BCUT2D eigenvalue weighted by Gasteiger charge is 2.49. The maximum absolute atomic E-state index is 13.0. The number of urea groups is 1. The fourth-order valence-corrected chi connectivity index (χ4v) is 4.35. The van der Waals surface area contributed by atoms with Gasteiger partial charge in [0.15, 0.2) is 9.84 Å². The quantitative estimate of drug-likeness (QED) is 0.599. The molecule has 2 heterocycles. The summed E-state index contributed by atoms with van der Waals surface area (Å²) in [5.74, 6) is -1.66. The number of nitrogens with two attached hydrogens (primary N) is 1. The normalized spacial score (nSPS) is 22.9. The number of hydrogen-bond donors (Lipinski definition) is 2. The van der Waals surface area contributed by atoms with Crippen LogP contribution in [0.5, 0.6) is 0 Å². The van der Waals surface area contributed by atoms with Gasteiger partial charge in [0.1, 0.15) is 12.1 Å². The van der Waals surface area contributed by atoms with Crippen molar-refractivity contribution in [3.63, 3.8) is 0 Å². The van der Waals surface area contributed by atoms with E-state index in [0.29, 0.717) is 31.5 Å². The summed E-state index contributed by atoms with van der Waals surface area (Å²) >= 11 is 0. The van der Waals surface area contributed by atoms with Crippen LogP contribution in [0.3, 0.4) is 0 Å². The number of likely N-dealkylation sites (tertiary alicyclic amines) is 1. The predicted molar refractivity (Wildman–Crippen MR) is 106 cm³/mol. The highest BCUT2D eigenvalue weighted by molar-refractivity contribution is 7.90. The lowest BCUT2D eigenvalue weighted by Gasteiger charge is -2.31. The van der Waals surface area contributed by atoms with Crippen molar-refractivity contribution in [2.75, 3.05) is 25.9 Å². The number of piperidine rings is 1. The number of carbonyl (C=O) groups is 4. The minimum atomic E-state index is -3.40. The zero-order chi connectivity index (χ0) is 22.3. The van der Waals surface area contributed by atoms with Gasteiger partial charge < -0.3 is 16.0 Å². The Bertz CT molecular complexity index is 998. The van der Waals surface area contributed by atoms with Crippen LogP contribution in [-0.2, 0) is 29.8 Å². The fourth-order valence-electron chi connectivity index (χ4n) is 3.72. The highest BCUT2D eigenvalue weighted by atomic mass is 32.2. The summed E-state index contributed by atoms with van der Waals surface area (Å²) < 4.78 is 23.3. The Balaban J connectivity index is 1.71. The Morgan fingerprint density at radius 3 is 2.23 bits per heavy atom. The van der Waals surface area contributed by atoms with E-state index in [4.69, 9.17) is 5.73 Å². The molecule has 0 radical (unpaired) electrons. The molecule has 1 atom stereocenters. The van der Waals surface area contributed by atoms with Gasteiger partial charge in [-0.2, -0.15) is 0 Å². The summed E-state index contributed by atoms with van der Waals surface area (Å²) in [5, 5.41) is 2.59. The number of sulfone groups is 1. The molecule has 0 bridgehead atoms. The van der Waals surface area contributed by atoms with Crippen molar-refractivity contribution in [1.29, 1.82) is 0 Å². The van der Waals surface area contributed by atoms with Gasteiger partial charge in [0.05, 0.1) is 4.90 Å². The zero-order valence-corrected chi connectivity index (χ0v) is 17.6. The minimum absolute atomic E-state index is 0.0954. The predicted octanol–water partition coefficient (Wildman–Crippen LogP) is -0.419. The molecule has 3 rings (SSSR count). The lowest BCUT2D eigenvalue weighted by molar-refractivity contribution is -0.140. The molecule has 1 aromatic carbocycles. The van der Waals surface area contributed by atoms with E-state index in [9.17, 15) is 27.6 Å². The topological polar surface area (TPSA) is 147 Å². The summed E-state index contributed by atoms with van der Waals surface area (Å²) in [5.41, 5.74) is 4.29. The van der Waals surface area contributed by atoms with Gasteiger partial charge in [-0.15, -0.1) is 0 Å². The lowest BCUT2D eigenvalue weighted by Crippen LogP contribution is -2.47. The second-order valence-corrected chi connectivity index (χ2v) is 9.82. The van der Waals surface area contributed by atoms with Crippen LogP contribution in [0.4, 0.5) is 4.79 Å². The lowest BCUT2D eigenvalue weighted by atomic mass is 9.92. The van der Waals surface area contributed by atoms with Gasteiger partial charge in [-0.1, -0.05) is 12.1 Å². The average molecular weight is 436 g/mol. The molecule has 2 saturated heterocycles. The van der Waals surface area contributed by atoms with Crippen molar-refractivity contribution in [2.24, 2.45) is 11.7 Å². The molecule has 1 aromatic rings. The first-order valence-electron chi connectivity index (χ1n) is 9.45. The number of amides is 5. The molecule has 30 heavy (non-hydrogen) atoms. The van der Waals surface area contributed by atoms with Gasteiger partial charge >= 0.3 is 6.03 Å². The number of carbonyl (C=O) groups excluding carboxylic acids is 4. The first kappa shape index (κ1) is 21.8. The van der Waals surface area contributed by atoms with E-state index in [-0.39, 0.29) is 10.8 Å². The number of rotatable bonds is 5. The van der Waals surface area contributed by atoms with E-state index in [1.165, 1.54) is 36.1 Å². The number of hydrogen-bond acceptors (Lipinski definition) is 6. The van der Waals surface area contributed by atoms with E-state index >= 15 is 0 Å². The van der Waals surface area contributed by atoms with Crippen molar-refractivity contribution in [3.05, 3.63) is 29.8 Å². The van der Waals surface area contributed by atoms with Crippen molar-refractivity contribution in [3.8, 4) is 0 Å². The van der Waals surface area contributed by atoms with Crippen LogP contribution in [0, 0.1) is 5.92 Å². The molecule has 2 fully saturated rings. The van der Waals surface area contributed by atoms with E-state index in [1.807, 2.05) is 0 Å². The van der Waals surface area contributed by atoms with Crippen LogP contribution in [0.1, 0.15) is 25.3 Å². The van der Waals surface area contributed by atoms with Gasteiger partial charge in [-0.25, -0.2) is 13.2 Å². The van der Waals surface area contributed by atoms with Crippen LogP contribution in [-0.4, -0.2) is 67.9 Å². The maximum atomic E-state index is 13.0. The third-order valence-electron chi connectivity index (χ3n) is 5.68. The smallest absolute Gasteiger partial charge is 0.325 e. The number of nitrogens with one attached hydrogen (secondary N) is 1. The molecular formula is C19H24N4O6S. The number of primary amides is 1. The van der Waals surface area contributed by atoms with Crippen molar-refractivity contribution in [2.45, 2.75) is 30.2 Å². The highest BCUT2D eigenvalue weighted by Crippen LogP contribution is 2.29. The molecule has 10 nitrogen and oxygen atoms in total. The molecular weight excluding hydrogens is 412 g/mol. The Morgan fingerprint density at radius 1 is 1.17 bits per heavy atom. The van der Waals surface area contributed by atoms with E-state index < -0.39 is 45.7 Å². The molecule has 3 N–H and O–H groups in total. The fraction of sp³-hybridized carbons (Fsp3) is 0.474. The average Bonchev–Trinajstić information content (AvgIpc) is 2.91. The van der Waals surface area contributed by atoms with Gasteiger partial charge in [0.25, 0.3) is 5.91 Å². The molecule has 11 heteroatoms. The van der Waals surface area contributed by atoms with Crippen molar-refractivity contribution < 1.29 is 27.6 Å². The zero-order valence-electron chi connectivity index (χ0n) is 16.8. The number of benzene rings is 1. The summed E-state index contributed by atoms with van der Waals surface area (Å²) in [6.45, 7) is 1.76. The van der Waals surface area contributed by atoms with E-state index in [2.05, 4.69) is 5.32 Å². The summed E-state index contributed by atoms with van der Waals surface area (Å²) in [6.07, 6.45) is 1.98. The van der Waals surface area contributed by atoms with Gasteiger partial charge in [0, 0.05) is 25.3 Å². The Labute approximate surface area is 174 Å².